The number of thioether (sulfide) groups is 2. The molecule has 448 valence electrons. The Labute approximate surface area is 520 Å². The fraction of sp³-hybridized carbons (Fsp3) is 0.243. The van der Waals surface area contributed by atoms with E-state index in [-0.39, 0.29) is 17.8 Å². The number of aromatic carboxylic acids is 1. The molecule has 10 aromatic rings. The van der Waals surface area contributed by atoms with E-state index in [1.165, 1.54) is 26.6 Å². The maximum absolute atomic E-state index is 13.0. The molecule has 0 spiro atoms. The lowest BCUT2D eigenvalue weighted by atomic mass is 9.98. The highest BCUT2D eigenvalue weighted by molar-refractivity contribution is 7.98. The van der Waals surface area contributed by atoms with Crippen LogP contribution in [-0.2, 0) is 35.7 Å². The Kier molecular flexibility index (Phi) is 20.9. The second-order valence-corrected chi connectivity index (χ2v) is 25.2. The molecule has 2 aromatic heterocycles. The van der Waals surface area contributed by atoms with Gasteiger partial charge in [0.1, 0.15) is 11.2 Å². The van der Waals surface area contributed by atoms with Crippen molar-refractivity contribution < 1.29 is 33.8 Å². The third kappa shape index (κ3) is 16.3. The van der Waals surface area contributed by atoms with Gasteiger partial charge in [0.2, 0.25) is 0 Å². The molecule has 1 amide bonds. The molecule has 0 saturated carbocycles. The van der Waals surface area contributed by atoms with E-state index >= 15 is 0 Å². The van der Waals surface area contributed by atoms with Crippen molar-refractivity contribution in [2.24, 2.45) is 5.73 Å². The van der Waals surface area contributed by atoms with Crippen LogP contribution in [0.25, 0.3) is 44.1 Å². The number of nitrogens with zero attached hydrogens (tertiary/aromatic N) is 2. The molecule has 0 aliphatic carbocycles. The monoisotopic (exact) mass is 1200 g/mol. The zero-order valence-electron chi connectivity index (χ0n) is 51.8. The minimum Gasteiger partial charge on any atom is -0.478 e. The third-order valence-electron chi connectivity index (χ3n) is 15.1. The van der Waals surface area contributed by atoms with Gasteiger partial charge in [-0.1, -0.05) is 109 Å². The maximum Gasteiger partial charge on any atom is 0.339 e. The smallest absolute Gasteiger partial charge is 0.339 e. The van der Waals surface area contributed by atoms with Crippen molar-refractivity contribution in [3.05, 3.63) is 249 Å². The van der Waals surface area contributed by atoms with E-state index in [0.717, 1.165) is 72.0 Å². The predicted molar refractivity (Wildman–Crippen MR) is 358 cm³/mol. The second-order valence-electron chi connectivity index (χ2n) is 23.4. The number of hydrogen-bond acceptors (Lipinski definition) is 9. The Balaban J connectivity index is 0.000000198. The number of carboxylic acid groups (broad SMARTS) is 1. The molecule has 2 heterocycles. The fourth-order valence-electron chi connectivity index (χ4n) is 10.2. The number of nitrogens with one attached hydrogen (secondary N) is 1. The van der Waals surface area contributed by atoms with Crippen molar-refractivity contribution in [1.29, 1.82) is 0 Å². The van der Waals surface area contributed by atoms with Crippen LogP contribution < -0.4 is 11.1 Å². The van der Waals surface area contributed by atoms with Gasteiger partial charge >= 0.3 is 17.9 Å². The number of carbonyl (C=O) groups is 4. The largest absolute Gasteiger partial charge is 0.478 e. The first-order valence-corrected chi connectivity index (χ1v) is 31.4. The van der Waals surface area contributed by atoms with Crippen molar-refractivity contribution in [3.8, 4) is 22.3 Å². The number of carboxylic acids is 1. The lowest BCUT2D eigenvalue weighted by Gasteiger charge is -2.20. The van der Waals surface area contributed by atoms with Gasteiger partial charge in [0.15, 0.2) is 0 Å². The number of hydrogen-bond donors (Lipinski definition) is 3. The molecule has 4 N–H and O–H groups in total. The molecule has 0 unspecified atom stereocenters. The quantitative estimate of drug-likeness (QED) is 0.0667. The van der Waals surface area contributed by atoms with Crippen LogP contribution in [0, 0.1) is 27.7 Å². The average molecular weight is 1200 g/mol. The van der Waals surface area contributed by atoms with Gasteiger partial charge in [-0.2, -0.15) is 0 Å². The molecule has 13 heteroatoms. The van der Waals surface area contributed by atoms with Crippen molar-refractivity contribution in [3.63, 3.8) is 0 Å². The number of fused-ring (bicyclic) bond motifs is 2. The minimum absolute atomic E-state index is 0.0807. The van der Waals surface area contributed by atoms with Crippen molar-refractivity contribution in [2.75, 3.05) is 12.5 Å². The van der Waals surface area contributed by atoms with E-state index < -0.39 is 17.2 Å². The molecule has 10 rings (SSSR count). The number of rotatable bonds is 15. The molecule has 0 bridgehead atoms. The van der Waals surface area contributed by atoms with E-state index in [1.807, 2.05) is 127 Å². The molecular formula is C74H78N4O7S2. The first-order chi connectivity index (χ1) is 41.4. The minimum atomic E-state index is -0.922. The van der Waals surface area contributed by atoms with Crippen LogP contribution in [0.15, 0.2) is 192 Å². The number of nitrogens with two attached hydrogens (primary N) is 1. The van der Waals surface area contributed by atoms with Gasteiger partial charge in [-0.05, 0) is 210 Å². The Hall–Kier alpha value is -8.62. The molecule has 87 heavy (non-hydrogen) atoms. The summed E-state index contributed by atoms with van der Waals surface area (Å²) in [5, 5.41) is 14.4. The third-order valence-corrected chi connectivity index (χ3v) is 16.6. The van der Waals surface area contributed by atoms with Crippen LogP contribution in [0.2, 0.25) is 0 Å². The summed E-state index contributed by atoms with van der Waals surface area (Å²) in [4.78, 5) is 52.5. The summed E-state index contributed by atoms with van der Waals surface area (Å²) < 4.78 is 15.7. The van der Waals surface area contributed by atoms with Crippen LogP contribution in [0.4, 0.5) is 0 Å². The lowest BCUT2D eigenvalue weighted by molar-refractivity contribution is 0.00578. The summed E-state index contributed by atoms with van der Waals surface area (Å²) >= 11 is 3.45. The highest BCUT2D eigenvalue weighted by atomic mass is 32.2. The van der Waals surface area contributed by atoms with Crippen molar-refractivity contribution in [2.45, 2.75) is 116 Å². The number of carbonyl (C=O) groups excluding carboxylic acids is 3. The molecule has 11 nitrogen and oxygen atoms in total. The topological polar surface area (TPSA) is 155 Å². The number of aryl methyl sites for hydroxylation is 2. The van der Waals surface area contributed by atoms with Gasteiger partial charge in [-0.3, -0.25) is 4.79 Å². The standard InChI is InChI=1S/C37H38N2O3S.C29H29NO4.C8H11NS/c1-24-25(2)39(34-20-17-29(21-33(24)34)35(40)38-22-26-13-18-30(43-6)19-14-26)23-27-11-15-28(16-12-27)31-9-7-8-10-32(31)36(41)42-37(3,4)5;1-18-19(2)30(26-15-14-22(27(31)32)16-25(18)26)17-20-10-12-21(13-11-20)23-8-6-7-9-24(23)28(33)34-29(3,4)5;1-10-8-4-2-7(6-9)3-5-8/h7-21H,22-23H2,1-6H3,(H,38,40);6-16H,17H2,1-5H3,(H,31,32);2-5H,6,9H2,1H3. The van der Waals surface area contributed by atoms with Crippen LogP contribution in [0.1, 0.15) is 128 Å². The second kappa shape index (κ2) is 28.3. The SMILES string of the molecule is CSc1ccc(CN)cc1.CSc1ccc(CNC(=O)c2ccc3c(c2)c(C)c(C)n3Cc2ccc(-c3ccccc3C(=O)OC(C)(C)C)cc2)cc1.Cc1c(C)n(Cc2ccc(-c3ccccc3C(=O)OC(C)(C)C)cc2)c2ccc(C(=O)O)cc12. The molecule has 8 aromatic carbocycles. The zero-order chi connectivity index (χ0) is 62.7. The number of benzene rings is 8. The normalized spacial score (nSPS) is 11.3. The Morgan fingerprint density at radius 3 is 1.26 bits per heavy atom. The van der Waals surface area contributed by atoms with E-state index in [0.29, 0.717) is 48.4 Å². The molecule has 0 aliphatic rings. The van der Waals surface area contributed by atoms with Gasteiger partial charge < -0.3 is 34.8 Å². The van der Waals surface area contributed by atoms with E-state index in [9.17, 15) is 24.3 Å². The number of ether oxygens (including phenoxy) is 2. The molecule has 0 atom stereocenters. The molecule has 0 fully saturated rings. The van der Waals surface area contributed by atoms with Gasteiger partial charge in [0, 0.05) is 74.7 Å². The van der Waals surface area contributed by atoms with Crippen molar-refractivity contribution in [1.82, 2.24) is 14.5 Å². The summed E-state index contributed by atoms with van der Waals surface area (Å²) in [6.07, 6.45) is 4.12. The molecular weight excluding hydrogens is 1120 g/mol. The summed E-state index contributed by atoms with van der Waals surface area (Å²) in [6, 6.07) is 59.3. The van der Waals surface area contributed by atoms with Crippen LogP contribution in [0.5, 0.6) is 0 Å². The molecule has 0 radical (unpaired) electrons. The maximum atomic E-state index is 13.0. The first kappa shape index (κ1) is 64.4. The number of amides is 1. The van der Waals surface area contributed by atoms with Gasteiger partial charge in [-0.25, -0.2) is 14.4 Å². The van der Waals surface area contributed by atoms with Crippen LogP contribution in [-0.4, -0.2) is 61.8 Å². The van der Waals surface area contributed by atoms with Crippen LogP contribution in [0.3, 0.4) is 0 Å². The molecule has 0 saturated heterocycles. The predicted octanol–water partition coefficient (Wildman–Crippen LogP) is 17.1. The Morgan fingerprint density at radius 1 is 0.494 bits per heavy atom. The highest BCUT2D eigenvalue weighted by Gasteiger charge is 2.23. The summed E-state index contributed by atoms with van der Waals surface area (Å²) in [7, 11) is 0. The van der Waals surface area contributed by atoms with E-state index in [4.69, 9.17) is 15.2 Å². The van der Waals surface area contributed by atoms with Gasteiger partial charge in [0.25, 0.3) is 5.91 Å². The Morgan fingerprint density at radius 2 is 0.874 bits per heavy atom. The summed E-state index contributed by atoms with van der Waals surface area (Å²) in [6.45, 7) is 22.0. The van der Waals surface area contributed by atoms with Gasteiger partial charge in [-0.15, -0.1) is 23.5 Å². The van der Waals surface area contributed by atoms with Crippen molar-refractivity contribution >= 4 is 69.1 Å². The zero-order valence-corrected chi connectivity index (χ0v) is 53.5. The highest BCUT2D eigenvalue weighted by Crippen LogP contribution is 2.32. The van der Waals surface area contributed by atoms with Crippen LogP contribution >= 0.6 is 23.5 Å². The van der Waals surface area contributed by atoms with E-state index in [2.05, 4.69) is 133 Å². The first-order valence-electron chi connectivity index (χ1n) is 29.0. The fourth-order valence-corrected chi connectivity index (χ4v) is 11.0. The number of esters is 2. The lowest BCUT2D eigenvalue weighted by Crippen LogP contribution is -2.24. The average Bonchev–Trinajstić information content (AvgIpc) is 2.04. The Bertz CT molecular complexity index is 4050. The summed E-state index contributed by atoms with van der Waals surface area (Å²) in [5.74, 6) is -1.66. The van der Waals surface area contributed by atoms with E-state index in [1.54, 1.807) is 41.7 Å². The number of aromatic nitrogens is 2. The molecule has 0 aliphatic heterocycles. The van der Waals surface area contributed by atoms with Gasteiger partial charge in [0.05, 0.1) is 16.7 Å². The summed E-state index contributed by atoms with van der Waals surface area (Å²) in [5.41, 5.74) is 21.1.